The Kier molecular flexibility index (Phi) is 5.79. The predicted octanol–water partition coefficient (Wildman–Crippen LogP) is 15.2. The van der Waals surface area contributed by atoms with Crippen molar-refractivity contribution in [3.8, 4) is 66.8 Å². The molecule has 2 heterocycles. The Balaban J connectivity index is 1.20. The fraction of sp³-hybridized carbons (Fsp3) is 0. The lowest BCUT2D eigenvalue weighted by Crippen LogP contribution is -1.92. The van der Waals surface area contributed by atoms with E-state index in [0.29, 0.717) is 0 Å². The zero-order chi connectivity index (χ0) is 37.6. The van der Waals surface area contributed by atoms with Gasteiger partial charge in [-0.3, -0.25) is 9.97 Å². The molecule has 0 saturated carbocycles. The highest BCUT2D eigenvalue weighted by Gasteiger charge is 2.27. The van der Waals surface area contributed by atoms with Crippen molar-refractivity contribution < 1.29 is 0 Å². The van der Waals surface area contributed by atoms with Crippen molar-refractivity contribution in [1.82, 2.24) is 9.97 Å². The van der Waals surface area contributed by atoms with Crippen LogP contribution in [0.25, 0.3) is 142 Å². The van der Waals surface area contributed by atoms with Crippen LogP contribution in [-0.4, -0.2) is 9.97 Å². The molecule has 0 saturated heterocycles. The summed E-state index contributed by atoms with van der Waals surface area (Å²) in [5.41, 5.74) is 15.4. The van der Waals surface area contributed by atoms with E-state index in [0.717, 1.165) is 10.8 Å². The lowest BCUT2D eigenvalue weighted by molar-refractivity contribution is 1.36. The minimum atomic E-state index is 1.14. The van der Waals surface area contributed by atoms with Crippen LogP contribution in [0, 0.1) is 0 Å². The Morgan fingerprint density at radius 1 is 0.224 bits per heavy atom. The van der Waals surface area contributed by atoms with Gasteiger partial charge >= 0.3 is 0 Å². The van der Waals surface area contributed by atoms with Gasteiger partial charge in [-0.05, 0) is 180 Å². The maximum Gasteiger partial charge on any atom is 0.0346 e. The van der Waals surface area contributed by atoms with Crippen LogP contribution in [-0.2, 0) is 0 Å². The van der Waals surface area contributed by atoms with E-state index in [-0.39, 0.29) is 0 Å². The molecular formula is C56H30N2. The first-order valence-electron chi connectivity index (χ1n) is 20.0. The summed E-state index contributed by atoms with van der Waals surface area (Å²) in [5.74, 6) is 0. The van der Waals surface area contributed by atoms with E-state index < -0.39 is 0 Å². The lowest BCUT2D eigenvalue weighted by Gasteiger charge is -2.20. The second kappa shape index (κ2) is 11.0. The number of hydrogen-bond donors (Lipinski definition) is 0. The summed E-state index contributed by atoms with van der Waals surface area (Å²) in [4.78, 5) is 9.03. The summed E-state index contributed by atoms with van der Waals surface area (Å²) in [6, 6.07) is 59.6. The average Bonchev–Trinajstić information content (AvgIpc) is 3.77. The summed E-state index contributed by atoms with van der Waals surface area (Å²) in [5, 5.41) is 17.5. The smallest absolute Gasteiger partial charge is 0.0346 e. The molecule has 0 aliphatic heterocycles. The van der Waals surface area contributed by atoms with Crippen molar-refractivity contribution >= 4 is 75.4 Å². The highest BCUT2D eigenvalue weighted by Crippen LogP contribution is 2.54. The first-order chi connectivity index (χ1) is 28.8. The van der Waals surface area contributed by atoms with Gasteiger partial charge in [0.25, 0.3) is 0 Å². The fourth-order valence-corrected chi connectivity index (χ4v) is 10.8. The van der Waals surface area contributed by atoms with E-state index in [1.54, 1.807) is 0 Å². The Bertz CT molecular complexity index is 3580. The van der Waals surface area contributed by atoms with Crippen LogP contribution in [0.1, 0.15) is 0 Å². The molecule has 0 fully saturated rings. The van der Waals surface area contributed by atoms with Crippen LogP contribution in [0.15, 0.2) is 183 Å². The van der Waals surface area contributed by atoms with Gasteiger partial charge in [0.05, 0.1) is 0 Å². The van der Waals surface area contributed by atoms with E-state index in [2.05, 4.69) is 168 Å². The number of aromatic nitrogens is 2. The third-order valence-electron chi connectivity index (χ3n) is 13.3. The molecule has 0 unspecified atom stereocenters. The van der Waals surface area contributed by atoms with Crippen molar-refractivity contribution in [2.24, 2.45) is 0 Å². The van der Waals surface area contributed by atoms with Gasteiger partial charge in [-0.25, -0.2) is 0 Å². The molecule has 0 bridgehead atoms. The van der Waals surface area contributed by atoms with Crippen LogP contribution < -0.4 is 0 Å². The Hall–Kier alpha value is -7.68. The maximum absolute atomic E-state index is 4.52. The van der Waals surface area contributed by atoms with Crippen molar-refractivity contribution in [2.75, 3.05) is 0 Å². The zero-order valence-corrected chi connectivity index (χ0v) is 31.2. The molecule has 0 atom stereocenters. The summed E-state index contributed by atoms with van der Waals surface area (Å²) < 4.78 is 0. The minimum Gasteiger partial charge on any atom is -0.264 e. The quantitative estimate of drug-likeness (QED) is 0.166. The second-order valence-electron chi connectivity index (χ2n) is 16.1. The Morgan fingerprint density at radius 2 is 0.534 bits per heavy atom. The molecular weight excluding hydrogens is 701 g/mol. The molecule has 0 spiro atoms. The summed E-state index contributed by atoms with van der Waals surface area (Å²) >= 11 is 0. The number of fused-ring (bicyclic) bond motifs is 13. The van der Waals surface area contributed by atoms with Crippen LogP contribution in [0.3, 0.4) is 0 Å². The number of benzene rings is 10. The number of rotatable bonds is 2. The highest BCUT2D eigenvalue weighted by atomic mass is 14.6. The van der Waals surface area contributed by atoms with Crippen LogP contribution in [0.2, 0.25) is 0 Å². The van der Waals surface area contributed by atoms with Gasteiger partial charge in [-0.15, -0.1) is 0 Å². The van der Waals surface area contributed by atoms with Crippen molar-refractivity contribution in [3.63, 3.8) is 0 Å². The minimum absolute atomic E-state index is 1.14. The van der Waals surface area contributed by atoms with Gasteiger partial charge in [-0.2, -0.15) is 0 Å². The Morgan fingerprint density at radius 3 is 0.931 bits per heavy atom. The molecule has 264 valence electrons. The third kappa shape index (κ3) is 3.91. The predicted molar refractivity (Wildman–Crippen MR) is 244 cm³/mol. The highest BCUT2D eigenvalue weighted by molar-refractivity contribution is 6.30. The van der Waals surface area contributed by atoms with Gasteiger partial charge in [0.1, 0.15) is 0 Å². The topological polar surface area (TPSA) is 25.8 Å². The molecule has 0 amide bonds. The maximum atomic E-state index is 4.52. The average molecular weight is 731 g/mol. The lowest BCUT2D eigenvalue weighted by atomic mass is 9.83. The van der Waals surface area contributed by atoms with Gasteiger partial charge in [-0.1, -0.05) is 109 Å². The van der Waals surface area contributed by atoms with Crippen molar-refractivity contribution in [3.05, 3.63) is 183 Å². The zero-order valence-electron chi connectivity index (χ0n) is 31.2. The molecule has 2 aromatic heterocycles. The fourth-order valence-electron chi connectivity index (χ4n) is 10.8. The van der Waals surface area contributed by atoms with E-state index in [9.17, 15) is 0 Å². The summed E-state index contributed by atoms with van der Waals surface area (Å²) in [6.07, 6.45) is 7.82. The molecule has 2 aliphatic rings. The first kappa shape index (κ1) is 30.5. The van der Waals surface area contributed by atoms with E-state index in [4.69, 9.17) is 0 Å². The monoisotopic (exact) mass is 730 g/mol. The Labute approximate surface area is 333 Å². The van der Waals surface area contributed by atoms with Crippen LogP contribution in [0.4, 0.5) is 0 Å². The standard InChI is InChI=1S/C56H30N2/c1-7-31-9-3-17-41-47-27-53-49(25-45(47)39(15-1)55(31)41)43(37-13-5-11-33-29-57-21-19-35(33)37)23-52-51(53)24-44(38-14-6-12-34-30-58-22-20-36(34)38)50-26-46-40-16-2-8-32-10-4-18-42(56(32)40)48(46)28-54(50)52/h1-30H. The van der Waals surface area contributed by atoms with Crippen molar-refractivity contribution in [1.29, 1.82) is 0 Å². The SMILES string of the molecule is c1cc(-c2cc3c4cc5c(cc4c(-c4cccc6cnccc46)cc3c3cc4c(cc23)-c2cccc3cccc-4c23)-c2cccc3cccc-5c23)c2ccncc2c1. The van der Waals surface area contributed by atoms with E-state index in [1.165, 1.54) is 131 Å². The van der Waals surface area contributed by atoms with Gasteiger partial charge in [0.2, 0.25) is 0 Å². The molecule has 0 radical (unpaired) electrons. The first-order valence-corrected chi connectivity index (χ1v) is 20.0. The normalized spacial score (nSPS) is 12.5. The van der Waals surface area contributed by atoms with Gasteiger partial charge in [0, 0.05) is 35.6 Å². The molecule has 0 N–H and O–H groups in total. The van der Waals surface area contributed by atoms with E-state index in [1.807, 2.05) is 24.8 Å². The van der Waals surface area contributed by atoms with Crippen LogP contribution >= 0.6 is 0 Å². The largest absolute Gasteiger partial charge is 0.264 e. The third-order valence-corrected chi connectivity index (χ3v) is 13.3. The molecule has 2 nitrogen and oxygen atoms in total. The number of hydrogen-bond acceptors (Lipinski definition) is 2. The molecule has 10 aromatic carbocycles. The second-order valence-corrected chi connectivity index (χ2v) is 16.1. The number of nitrogens with zero attached hydrogens (tertiary/aromatic N) is 2. The van der Waals surface area contributed by atoms with E-state index >= 15 is 0 Å². The molecule has 58 heavy (non-hydrogen) atoms. The molecule has 2 heteroatoms. The molecule has 14 rings (SSSR count). The summed E-state index contributed by atoms with van der Waals surface area (Å²) in [6.45, 7) is 0. The van der Waals surface area contributed by atoms with Crippen LogP contribution in [0.5, 0.6) is 0 Å². The summed E-state index contributed by atoms with van der Waals surface area (Å²) in [7, 11) is 0. The van der Waals surface area contributed by atoms with Gasteiger partial charge in [0.15, 0.2) is 0 Å². The van der Waals surface area contributed by atoms with Gasteiger partial charge < -0.3 is 0 Å². The molecule has 2 aliphatic carbocycles. The number of pyridine rings is 2. The molecule has 12 aromatic rings. The van der Waals surface area contributed by atoms with Crippen molar-refractivity contribution in [2.45, 2.75) is 0 Å².